The number of hydrogen-bond acceptors (Lipinski definition) is 5. The van der Waals surface area contributed by atoms with Gasteiger partial charge in [0.2, 0.25) is 5.91 Å². The van der Waals surface area contributed by atoms with Crippen molar-refractivity contribution in [1.29, 1.82) is 0 Å². The van der Waals surface area contributed by atoms with E-state index < -0.39 is 5.54 Å². The molecule has 1 fully saturated rings. The van der Waals surface area contributed by atoms with Gasteiger partial charge < -0.3 is 28.7 Å². The zero-order chi connectivity index (χ0) is 25.4. The Balaban J connectivity index is 1.56. The third-order valence-electron chi connectivity index (χ3n) is 7.73. The van der Waals surface area contributed by atoms with Gasteiger partial charge in [0.15, 0.2) is 17.1 Å². The van der Waals surface area contributed by atoms with Crippen molar-refractivity contribution in [3.63, 3.8) is 0 Å². The fourth-order valence-electron chi connectivity index (χ4n) is 5.72. The standard InChI is InChI=1S/C28H35N3O5/c1-18-14-21-24(36-18)15-22-26(32)31(16-19-10-9-13-23(34-3)25(19)35-4)28(2,17-30(21)22)27(33)29-20-11-7-5-6-8-12-20/h9-10,13-15,20H,5-8,11-12,16-17H2,1-4H3,(H,29,33)/t28-/m0/s1. The third kappa shape index (κ3) is 4.12. The fraction of sp³-hybridized carbons (Fsp3) is 0.500. The SMILES string of the molecule is COc1cccc(CN2C(=O)c3cc4oc(C)cc4n3C[C@@]2(C)C(=O)NC2CCCCCC2)c1OC. The number of amides is 2. The number of aromatic nitrogens is 1. The highest BCUT2D eigenvalue weighted by molar-refractivity contribution is 6.03. The lowest BCUT2D eigenvalue weighted by atomic mass is 9.92. The number of carbonyl (C=O) groups is 2. The molecule has 3 heterocycles. The van der Waals surface area contributed by atoms with Crippen molar-refractivity contribution in [3.8, 4) is 11.5 Å². The van der Waals surface area contributed by atoms with Crippen LogP contribution in [0, 0.1) is 6.92 Å². The highest BCUT2D eigenvalue weighted by atomic mass is 16.5. The van der Waals surface area contributed by atoms with Gasteiger partial charge >= 0.3 is 0 Å². The van der Waals surface area contributed by atoms with Gasteiger partial charge in [-0.3, -0.25) is 9.59 Å². The topological polar surface area (TPSA) is 85.9 Å². The van der Waals surface area contributed by atoms with E-state index in [4.69, 9.17) is 13.9 Å². The van der Waals surface area contributed by atoms with Crippen LogP contribution in [-0.4, -0.2) is 47.1 Å². The van der Waals surface area contributed by atoms with Gasteiger partial charge in [-0.15, -0.1) is 0 Å². The van der Waals surface area contributed by atoms with Crippen molar-refractivity contribution < 1.29 is 23.5 Å². The van der Waals surface area contributed by atoms with Crippen molar-refractivity contribution in [3.05, 3.63) is 47.3 Å². The molecule has 0 unspecified atom stereocenters. The molecule has 1 aliphatic carbocycles. The van der Waals surface area contributed by atoms with Crippen LogP contribution in [0.1, 0.15) is 67.3 Å². The first kappa shape index (κ1) is 24.3. The predicted molar refractivity (Wildman–Crippen MR) is 136 cm³/mol. The molecule has 0 bridgehead atoms. The van der Waals surface area contributed by atoms with Crippen molar-refractivity contribution >= 4 is 22.9 Å². The smallest absolute Gasteiger partial charge is 0.271 e. The molecular weight excluding hydrogens is 458 g/mol. The minimum atomic E-state index is -1.11. The number of benzene rings is 1. The van der Waals surface area contributed by atoms with Crippen molar-refractivity contribution in [2.24, 2.45) is 0 Å². The molecule has 36 heavy (non-hydrogen) atoms. The Kier molecular flexibility index (Phi) is 6.45. The van der Waals surface area contributed by atoms with Crippen molar-refractivity contribution in [1.82, 2.24) is 14.8 Å². The third-order valence-corrected chi connectivity index (χ3v) is 7.73. The van der Waals surface area contributed by atoms with Crippen LogP contribution in [0.25, 0.3) is 11.1 Å². The molecule has 0 saturated heterocycles. The van der Waals surface area contributed by atoms with Crippen LogP contribution in [-0.2, 0) is 17.9 Å². The number of nitrogens with zero attached hydrogens (tertiary/aromatic N) is 2. The first-order valence-electron chi connectivity index (χ1n) is 12.8. The number of carbonyl (C=O) groups excluding carboxylic acids is 2. The van der Waals surface area contributed by atoms with E-state index in [0.29, 0.717) is 29.3 Å². The van der Waals surface area contributed by atoms with Crippen LogP contribution in [0.5, 0.6) is 11.5 Å². The molecule has 1 atom stereocenters. The van der Waals surface area contributed by atoms with Gasteiger partial charge in [-0.05, 0) is 32.8 Å². The summed E-state index contributed by atoms with van der Waals surface area (Å²) >= 11 is 0. The van der Waals surface area contributed by atoms with E-state index in [-0.39, 0.29) is 24.4 Å². The largest absolute Gasteiger partial charge is 0.493 e. The lowest BCUT2D eigenvalue weighted by Crippen LogP contribution is -2.64. The van der Waals surface area contributed by atoms with Crippen molar-refractivity contribution in [2.45, 2.75) is 77.0 Å². The molecule has 1 aromatic carbocycles. The van der Waals surface area contributed by atoms with Crippen LogP contribution >= 0.6 is 0 Å². The molecule has 1 N–H and O–H groups in total. The molecule has 192 valence electrons. The van der Waals surface area contributed by atoms with Gasteiger partial charge in [-0.1, -0.05) is 37.8 Å². The Labute approximate surface area is 211 Å². The first-order chi connectivity index (χ1) is 17.4. The lowest BCUT2D eigenvalue weighted by molar-refractivity contribution is -0.134. The van der Waals surface area contributed by atoms with E-state index in [1.807, 2.05) is 42.7 Å². The second-order valence-electron chi connectivity index (χ2n) is 10.2. The maximum absolute atomic E-state index is 14.0. The van der Waals surface area contributed by atoms with Crippen LogP contribution in [0.4, 0.5) is 0 Å². The average molecular weight is 494 g/mol. The molecule has 8 nitrogen and oxygen atoms in total. The summed E-state index contributed by atoms with van der Waals surface area (Å²) in [4.78, 5) is 29.7. The maximum atomic E-state index is 14.0. The van der Waals surface area contributed by atoms with E-state index in [1.165, 1.54) is 12.8 Å². The van der Waals surface area contributed by atoms with Crippen LogP contribution < -0.4 is 14.8 Å². The first-order valence-corrected chi connectivity index (χ1v) is 12.8. The van der Waals surface area contributed by atoms with Crippen LogP contribution in [0.2, 0.25) is 0 Å². The molecule has 2 aromatic heterocycles. The zero-order valence-corrected chi connectivity index (χ0v) is 21.6. The quantitative estimate of drug-likeness (QED) is 0.498. The second kappa shape index (κ2) is 9.56. The Hall–Kier alpha value is -3.42. The molecule has 2 amide bonds. The van der Waals surface area contributed by atoms with E-state index in [2.05, 4.69) is 5.32 Å². The van der Waals surface area contributed by atoms with E-state index in [9.17, 15) is 9.59 Å². The zero-order valence-electron chi connectivity index (χ0n) is 21.6. The summed E-state index contributed by atoms with van der Waals surface area (Å²) in [5.74, 6) is 1.58. The molecule has 8 heteroatoms. The molecule has 0 spiro atoms. The number of aryl methyl sites for hydroxylation is 1. The predicted octanol–water partition coefficient (Wildman–Crippen LogP) is 4.81. The lowest BCUT2D eigenvalue weighted by Gasteiger charge is -2.44. The Bertz CT molecular complexity index is 1280. The van der Waals surface area contributed by atoms with E-state index in [0.717, 1.165) is 42.5 Å². The maximum Gasteiger partial charge on any atom is 0.271 e. The second-order valence-corrected chi connectivity index (χ2v) is 10.2. The molecule has 1 saturated carbocycles. The summed E-state index contributed by atoms with van der Waals surface area (Å²) in [6.07, 6.45) is 6.58. The summed E-state index contributed by atoms with van der Waals surface area (Å²) in [6.45, 7) is 4.29. The number of hydrogen-bond donors (Lipinski definition) is 1. The van der Waals surface area contributed by atoms with Crippen molar-refractivity contribution in [2.75, 3.05) is 14.2 Å². The van der Waals surface area contributed by atoms with Crippen LogP contribution in [0.15, 0.2) is 34.7 Å². The summed E-state index contributed by atoms with van der Waals surface area (Å²) < 4.78 is 18.9. The van der Waals surface area contributed by atoms with Gasteiger partial charge in [-0.25, -0.2) is 0 Å². The van der Waals surface area contributed by atoms with Crippen LogP contribution in [0.3, 0.4) is 0 Å². The van der Waals surface area contributed by atoms with Gasteiger partial charge in [0.1, 0.15) is 17.0 Å². The van der Waals surface area contributed by atoms with Gasteiger partial charge in [-0.2, -0.15) is 0 Å². The summed E-state index contributed by atoms with van der Waals surface area (Å²) in [5.41, 5.74) is 1.68. The molecule has 3 aromatic rings. The number of ether oxygens (including phenoxy) is 2. The number of methoxy groups -OCH3 is 2. The molecule has 0 radical (unpaired) electrons. The average Bonchev–Trinajstić information content (AvgIpc) is 3.26. The van der Waals surface area contributed by atoms with Gasteiger partial charge in [0.05, 0.1) is 32.8 Å². The minimum absolute atomic E-state index is 0.127. The Morgan fingerprint density at radius 3 is 2.58 bits per heavy atom. The summed E-state index contributed by atoms with van der Waals surface area (Å²) in [6, 6.07) is 9.43. The number of rotatable bonds is 6. The monoisotopic (exact) mass is 493 g/mol. The summed E-state index contributed by atoms with van der Waals surface area (Å²) in [7, 11) is 3.17. The number of para-hydroxylation sites is 1. The molecule has 2 aliphatic rings. The fourth-order valence-corrected chi connectivity index (χ4v) is 5.72. The van der Waals surface area contributed by atoms with Gasteiger partial charge in [0.25, 0.3) is 5.91 Å². The normalized spacial score (nSPS) is 20.8. The van der Waals surface area contributed by atoms with E-state index >= 15 is 0 Å². The van der Waals surface area contributed by atoms with Gasteiger partial charge in [0, 0.05) is 23.7 Å². The number of nitrogens with one attached hydrogen (secondary N) is 1. The molecular formula is C28H35N3O5. The number of fused-ring (bicyclic) bond motifs is 3. The Morgan fingerprint density at radius 2 is 1.89 bits per heavy atom. The highest BCUT2D eigenvalue weighted by Gasteiger charge is 2.48. The molecule has 1 aliphatic heterocycles. The minimum Gasteiger partial charge on any atom is -0.493 e. The summed E-state index contributed by atoms with van der Waals surface area (Å²) in [5, 5.41) is 3.31. The Morgan fingerprint density at radius 1 is 1.14 bits per heavy atom. The number of furan rings is 1. The highest BCUT2D eigenvalue weighted by Crippen LogP contribution is 2.38. The van der Waals surface area contributed by atoms with E-state index in [1.54, 1.807) is 25.2 Å². The molecule has 5 rings (SSSR count).